The molecule has 0 aromatic heterocycles. The number of allylic oxidation sites excluding steroid dienone is 2. The number of aryl methyl sites for hydroxylation is 2. The number of fused-ring (bicyclic) bond motifs is 2. The first-order valence-corrected chi connectivity index (χ1v) is 35.4. The fraction of sp³-hybridized carbons (Fsp3) is 0.317. The van der Waals surface area contributed by atoms with Crippen LogP contribution in [0.2, 0.25) is 22.0 Å². The van der Waals surface area contributed by atoms with Gasteiger partial charge >= 0.3 is 263 Å². The van der Waals surface area contributed by atoms with Crippen LogP contribution in [0.25, 0.3) is 34.4 Å². The molecule has 2 heteroatoms. The van der Waals surface area contributed by atoms with E-state index in [0.717, 1.165) is 0 Å². The van der Waals surface area contributed by atoms with E-state index >= 15 is 0 Å². The topological polar surface area (TPSA) is 0 Å². The van der Waals surface area contributed by atoms with Crippen molar-refractivity contribution >= 4 is 17.6 Å². The van der Waals surface area contributed by atoms with E-state index in [1.165, 1.54) is 76.2 Å². The van der Waals surface area contributed by atoms with Crippen LogP contribution in [0.4, 0.5) is 0 Å². The Bertz CT molecular complexity index is 1660. The van der Waals surface area contributed by atoms with Gasteiger partial charge in [0, 0.05) is 0 Å². The molecule has 0 heterocycles. The summed E-state index contributed by atoms with van der Waals surface area (Å²) in [4.78, 5) is 0. The minimum atomic E-state index is -3.80. The third-order valence-corrected chi connectivity index (χ3v) is 69.2. The summed E-state index contributed by atoms with van der Waals surface area (Å²) >= 11 is -3.80. The summed E-state index contributed by atoms with van der Waals surface area (Å²) in [6, 6.07) is 34.0. The first kappa shape index (κ1) is 30.5. The Balaban J connectivity index is 1.51. The summed E-state index contributed by atoms with van der Waals surface area (Å²) < 4.78 is 6.92. The number of benzene rings is 4. The zero-order chi connectivity index (χ0) is 30.2. The normalized spacial score (nSPS) is 17.3. The van der Waals surface area contributed by atoms with Crippen molar-refractivity contribution in [3.05, 3.63) is 130 Å². The number of hydrogen-bond acceptors (Lipinski definition) is 0. The molecule has 4 aromatic rings. The molecule has 0 saturated carbocycles. The van der Waals surface area contributed by atoms with E-state index in [4.69, 9.17) is 0 Å². The van der Waals surface area contributed by atoms with Crippen molar-refractivity contribution in [3.63, 3.8) is 0 Å². The average molecular weight is 747 g/mol. The molecule has 2 atom stereocenters. The monoisotopic (exact) mass is 748 g/mol. The van der Waals surface area contributed by atoms with Crippen LogP contribution >= 0.6 is 0 Å². The first-order chi connectivity index (χ1) is 20.7. The molecule has 0 spiro atoms. The average Bonchev–Trinajstić information content (AvgIpc) is 3.66. The molecule has 0 aliphatic heterocycles. The second-order valence-corrected chi connectivity index (χ2v) is 61.6. The minimum absolute atomic E-state index is 0.575. The Morgan fingerprint density at radius 1 is 0.605 bits per heavy atom. The Morgan fingerprint density at radius 2 is 1.07 bits per heavy atom. The Labute approximate surface area is 261 Å². The molecule has 43 heavy (non-hydrogen) atoms. The Morgan fingerprint density at radius 3 is 1.51 bits per heavy atom. The zero-order valence-electron chi connectivity index (χ0n) is 27.1. The number of rotatable bonds is 9. The van der Waals surface area contributed by atoms with Crippen LogP contribution in [-0.4, -0.2) is 5.49 Å². The fourth-order valence-corrected chi connectivity index (χ4v) is 51.8. The van der Waals surface area contributed by atoms with Gasteiger partial charge in [-0.2, -0.15) is 0 Å². The second-order valence-electron chi connectivity index (χ2n) is 14.2. The molecule has 6 rings (SSSR count). The van der Waals surface area contributed by atoms with Gasteiger partial charge in [-0.25, -0.2) is 0 Å². The maximum absolute atomic E-state index is 3.80. The molecule has 2 aliphatic carbocycles. The SMILES string of the molecule is CCCCCC[Si](C)=[Hf]([CH3])([CH3])([CH]1C=Cc2c(-c3ccc(C)cc3)cccc21)[CH]1C=Cc2c(-c3ccc(C)cc3)cccc21. The first-order valence-electron chi connectivity index (χ1n) is 16.5. The second kappa shape index (κ2) is 12.1. The molecule has 0 fully saturated rings. The fourth-order valence-electron chi connectivity index (χ4n) is 8.13. The third-order valence-electron chi connectivity index (χ3n) is 11.3. The van der Waals surface area contributed by atoms with Crippen molar-refractivity contribution in [3.8, 4) is 22.3 Å². The van der Waals surface area contributed by atoms with Gasteiger partial charge < -0.3 is 0 Å². The van der Waals surface area contributed by atoms with Gasteiger partial charge in [0.1, 0.15) is 0 Å². The van der Waals surface area contributed by atoms with Crippen molar-refractivity contribution in [1.82, 2.24) is 0 Å². The quantitative estimate of drug-likeness (QED) is 0.118. The summed E-state index contributed by atoms with van der Waals surface area (Å²) in [5.41, 5.74) is 13.7. The molecule has 2 unspecified atom stereocenters. The van der Waals surface area contributed by atoms with Gasteiger partial charge in [0.15, 0.2) is 0 Å². The van der Waals surface area contributed by atoms with E-state index in [2.05, 4.69) is 146 Å². The number of hydrogen-bond donors (Lipinski definition) is 0. The van der Waals surface area contributed by atoms with Gasteiger partial charge in [0.25, 0.3) is 0 Å². The molecule has 0 amide bonds. The summed E-state index contributed by atoms with van der Waals surface area (Å²) in [5, 5.41) is 0. The maximum atomic E-state index is 2.89. The molecule has 0 radical (unpaired) electrons. The zero-order valence-corrected chi connectivity index (χ0v) is 31.7. The molecule has 4 aromatic carbocycles. The van der Waals surface area contributed by atoms with Crippen molar-refractivity contribution in [2.75, 3.05) is 0 Å². The molecular formula is C41H48HfSi. The van der Waals surface area contributed by atoms with Gasteiger partial charge in [-0.1, -0.05) is 0 Å². The van der Waals surface area contributed by atoms with Crippen LogP contribution < -0.4 is 0 Å². The van der Waals surface area contributed by atoms with Crippen molar-refractivity contribution in [1.29, 1.82) is 0 Å². The van der Waals surface area contributed by atoms with Crippen LogP contribution in [0.15, 0.2) is 97.1 Å². The molecular weight excluding hydrogens is 699 g/mol. The molecule has 220 valence electrons. The molecule has 0 bridgehead atoms. The van der Waals surface area contributed by atoms with Crippen LogP contribution in [0, 0.1) is 13.8 Å². The van der Waals surface area contributed by atoms with Gasteiger partial charge in [0.2, 0.25) is 0 Å². The van der Waals surface area contributed by atoms with Crippen molar-refractivity contribution in [2.45, 2.75) is 75.8 Å². The van der Waals surface area contributed by atoms with E-state index < -0.39 is 22.6 Å². The van der Waals surface area contributed by atoms with E-state index in [0.29, 0.717) is 7.35 Å². The Kier molecular flexibility index (Phi) is 8.57. The summed E-state index contributed by atoms with van der Waals surface area (Å²) in [7, 11) is 0. The van der Waals surface area contributed by atoms with Gasteiger partial charge in [-0.05, 0) is 0 Å². The predicted octanol–water partition coefficient (Wildman–Crippen LogP) is 12.5. The summed E-state index contributed by atoms with van der Waals surface area (Å²) in [5.74, 6) is 0. The predicted molar refractivity (Wildman–Crippen MR) is 189 cm³/mol. The van der Waals surface area contributed by atoms with E-state index in [1.54, 1.807) is 11.1 Å². The van der Waals surface area contributed by atoms with E-state index in [1.807, 2.05) is 0 Å². The molecule has 0 nitrogen and oxygen atoms in total. The molecule has 0 N–H and O–H groups in total. The van der Waals surface area contributed by atoms with Crippen molar-refractivity contribution < 1.29 is 17.1 Å². The summed E-state index contributed by atoms with van der Waals surface area (Å²) in [6.07, 6.45) is 15.8. The standard InChI is InChI=1S/2C16H13.C7H16Si.2CH3.Hf/c2*1-12-8-10-14(11-9-12)16-7-3-5-13-4-2-6-15(13)16;1-3-4-5-6-7-8-2;;;/h2*2-11H,1H3;3-7H2,1-2H3;2*1H3;. The Hall–Kier alpha value is -2.55. The van der Waals surface area contributed by atoms with Crippen LogP contribution in [0.1, 0.15) is 73.3 Å². The van der Waals surface area contributed by atoms with Gasteiger partial charge in [0.05, 0.1) is 0 Å². The third kappa shape index (κ3) is 5.37. The van der Waals surface area contributed by atoms with Gasteiger partial charge in [-0.3, -0.25) is 0 Å². The van der Waals surface area contributed by atoms with Crippen LogP contribution in [0.5, 0.6) is 0 Å². The van der Waals surface area contributed by atoms with Crippen LogP contribution in [-0.2, 0) is 17.1 Å². The number of unbranched alkanes of at least 4 members (excludes halogenated alkanes) is 3. The van der Waals surface area contributed by atoms with E-state index in [-0.39, 0.29) is 0 Å². The van der Waals surface area contributed by atoms with E-state index in [9.17, 15) is 0 Å². The van der Waals surface area contributed by atoms with Gasteiger partial charge in [-0.15, -0.1) is 0 Å². The molecule has 0 saturated heterocycles. The summed E-state index contributed by atoms with van der Waals surface area (Å²) in [6.45, 7) is 9.44. The van der Waals surface area contributed by atoms with Crippen molar-refractivity contribution in [2.24, 2.45) is 0 Å². The molecule has 2 aliphatic rings. The van der Waals surface area contributed by atoms with Crippen LogP contribution in [0.3, 0.4) is 0 Å².